The first-order chi connectivity index (χ1) is 11.8. The van der Waals surface area contributed by atoms with Gasteiger partial charge in [-0.2, -0.15) is 0 Å². The van der Waals surface area contributed by atoms with Gasteiger partial charge in [-0.15, -0.1) is 5.10 Å². The molecule has 140 valence electrons. The molecule has 4 rings (SSSR count). The molecule has 0 N–H and O–H groups in total. The van der Waals surface area contributed by atoms with Crippen molar-refractivity contribution in [1.82, 2.24) is 14.6 Å². The molecular weight excluding hydrogens is 351 g/mol. The first kappa shape index (κ1) is 19.5. The third kappa shape index (κ3) is 3.88. The molecule has 1 saturated heterocycles. The van der Waals surface area contributed by atoms with E-state index < -0.39 is 0 Å². The van der Waals surface area contributed by atoms with Gasteiger partial charge in [0.1, 0.15) is 6.61 Å². The molecule has 1 aromatic carbocycles. The molecule has 2 aromatic heterocycles. The molecule has 6 nitrogen and oxygen atoms in total. The van der Waals surface area contributed by atoms with Gasteiger partial charge >= 0.3 is 0 Å². The topological polar surface area (TPSA) is 57.9 Å². The van der Waals surface area contributed by atoms with Crippen LogP contribution in [0.3, 0.4) is 0 Å². The van der Waals surface area contributed by atoms with Gasteiger partial charge in [0.2, 0.25) is 5.88 Å². The zero-order chi connectivity index (χ0) is 16.4. The maximum absolute atomic E-state index is 12.4. The van der Waals surface area contributed by atoms with Gasteiger partial charge in [-0.25, -0.2) is 9.50 Å². The highest BCUT2D eigenvalue weighted by molar-refractivity contribution is 5.64. The first-order valence-corrected chi connectivity index (χ1v) is 7.82. The molecule has 26 heavy (non-hydrogen) atoms. The van der Waals surface area contributed by atoms with Gasteiger partial charge < -0.3 is 9.47 Å². The molecule has 0 bridgehead atoms. The molecule has 3 aromatic rings. The van der Waals surface area contributed by atoms with Crippen LogP contribution in [0.5, 0.6) is 11.6 Å². The Hall–Kier alpha value is -2.81. The number of nitrogens with zero attached hydrogens (tertiary/aromatic N) is 3. The number of ether oxygens (including phenoxy) is 2. The third-order valence-electron chi connectivity index (χ3n) is 4.00. The van der Waals surface area contributed by atoms with E-state index in [0.29, 0.717) is 18.1 Å². The highest BCUT2D eigenvalue weighted by atomic mass is 19.3. The molecule has 0 saturated carbocycles. The fourth-order valence-corrected chi connectivity index (χ4v) is 2.79. The second-order valence-corrected chi connectivity index (χ2v) is 5.64. The summed E-state index contributed by atoms with van der Waals surface area (Å²) in [4.78, 5) is 8.11. The highest BCUT2D eigenvalue weighted by Gasteiger charge is 2.17. The number of hydrogen-bond donors (Lipinski definition) is 0. The molecular formula is C17H18F3N3O3. The lowest BCUT2D eigenvalue weighted by Gasteiger charge is -2.11. The SMILES string of the molecule is F.F.FOc1cccc(-c2cnc3ccc(OCC4CCCO4)nn23)c1. The average molecular weight is 369 g/mol. The Bertz CT molecular complexity index is 853. The summed E-state index contributed by atoms with van der Waals surface area (Å²) in [7, 11) is 0. The third-order valence-corrected chi connectivity index (χ3v) is 4.00. The fraction of sp³-hybridized carbons (Fsp3) is 0.294. The van der Waals surface area contributed by atoms with Crippen LogP contribution in [0.15, 0.2) is 42.6 Å². The largest absolute Gasteiger partial charge is 0.474 e. The number of aromatic nitrogens is 3. The van der Waals surface area contributed by atoms with Gasteiger partial charge in [-0.05, 0) is 31.0 Å². The van der Waals surface area contributed by atoms with E-state index in [4.69, 9.17) is 9.47 Å². The van der Waals surface area contributed by atoms with E-state index in [0.717, 1.165) is 30.7 Å². The molecule has 1 unspecified atom stereocenters. The van der Waals surface area contributed by atoms with Gasteiger partial charge in [0.25, 0.3) is 0 Å². The highest BCUT2D eigenvalue weighted by Crippen LogP contribution is 2.25. The van der Waals surface area contributed by atoms with E-state index in [2.05, 4.69) is 15.0 Å². The lowest BCUT2D eigenvalue weighted by molar-refractivity contribution is -0.00614. The van der Waals surface area contributed by atoms with Crippen LogP contribution in [-0.2, 0) is 4.74 Å². The summed E-state index contributed by atoms with van der Waals surface area (Å²) >= 11 is 0. The summed E-state index contributed by atoms with van der Waals surface area (Å²) in [5.74, 6) is 0.628. The van der Waals surface area contributed by atoms with Crippen LogP contribution in [0.1, 0.15) is 12.8 Å². The van der Waals surface area contributed by atoms with Gasteiger partial charge in [0.15, 0.2) is 11.4 Å². The Morgan fingerprint density at radius 1 is 1.23 bits per heavy atom. The Kier molecular flexibility index (Phi) is 6.40. The number of hydrogen-bond acceptors (Lipinski definition) is 5. The standard InChI is InChI=1S/C17H16FN3O3.2FH/c18-24-13-4-1-3-12(9-13)15-10-19-16-6-7-17(20-21(15)16)23-11-14-5-2-8-22-14;;/h1,3-4,6-7,9-10,14H,2,5,8,11H2;2*1H. The smallest absolute Gasteiger partial charge is 0.231 e. The summed E-state index contributed by atoms with van der Waals surface area (Å²) in [5.41, 5.74) is 2.16. The zero-order valence-corrected chi connectivity index (χ0v) is 13.7. The monoisotopic (exact) mass is 369 g/mol. The lowest BCUT2D eigenvalue weighted by atomic mass is 10.1. The van der Waals surface area contributed by atoms with Crippen LogP contribution >= 0.6 is 0 Å². The number of imidazole rings is 1. The molecule has 0 radical (unpaired) electrons. The molecule has 1 fully saturated rings. The summed E-state index contributed by atoms with van der Waals surface area (Å²) < 4.78 is 25.4. The molecule has 1 atom stereocenters. The second kappa shape index (κ2) is 8.52. The normalized spacial score (nSPS) is 16.0. The Morgan fingerprint density at radius 2 is 2.12 bits per heavy atom. The minimum atomic E-state index is 0. The predicted octanol–water partition coefficient (Wildman–Crippen LogP) is 3.52. The van der Waals surface area contributed by atoms with E-state index in [1.807, 2.05) is 12.1 Å². The Balaban J connectivity index is 0.00000121. The maximum atomic E-state index is 12.4. The van der Waals surface area contributed by atoms with Crippen molar-refractivity contribution in [2.45, 2.75) is 18.9 Å². The van der Waals surface area contributed by atoms with Crippen molar-refractivity contribution in [3.8, 4) is 22.9 Å². The minimum absolute atomic E-state index is 0. The van der Waals surface area contributed by atoms with Crippen molar-refractivity contribution < 1.29 is 28.4 Å². The minimum Gasteiger partial charge on any atom is -0.474 e. The number of benzene rings is 1. The molecule has 0 aliphatic carbocycles. The van der Waals surface area contributed by atoms with E-state index >= 15 is 0 Å². The van der Waals surface area contributed by atoms with E-state index in [1.165, 1.54) is 6.07 Å². The molecule has 9 heteroatoms. The van der Waals surface area contributed by atoms with Crippen molar-refractivity contribution in [3.63, 3.8) is 0 Å². The average Bonchev–Trinajstić information content (AvgIpc) is 3.29. The van der Waals surface area contributed by atoms with Crippen LogP contribution in [0.4, 0.5) is 13.9 Å². The molecule has 0 amide bonds. The molecule has 1 aliphatic heterocycles. The van der Waals surface area contributed by atoms with Crippen LogP contribution in [0.2, 0.25) is 0 Å². The summed E-state index contributed by atoms with van der Waals surface area (Å²) in [5, 5.41) is 4.47. The molecule has 1 aliphatic rings. The van der Waals surface area contributed by atoms with Crippen LogP contribution < -0.4 is 9.68 Å². The van der Waals surface area contributed by atoms with E-state index in [1.54, 1.807) is 28.9 Å². The van der Waals surface area contributed by atoms with Crippen molar-refractivity contribution in [3.05, 3.63) is 42.6 Å². The van der Waals surface area contributed by atoms with Crippen molar-refractivity contribution in [1.29, 1.82) is 0 Å². The van der Waals surface area contributed by atoms with Crippen molar-refractivity contribution in [2.75, 3.05) is 13.2 Å². The molecule has 0 spiro atoms. The Labute approximate surface area is 147 Å². The Morgan fingerprint density at radius 3 is 2.88 bits per heavy atom. The zero-order valence-electron chi connectivity index (χ0n) is 13.7. The van der Waals surface area contributed by atoms with Crippen molar-refractivity contribution >= 4 is 5.65 Å². The summed E-state index contributed by atoms with van der Waals surface area (Å²) in [6.45, 7) is 1.27. The number of fused-ring (bicyclic) bond motifs is 1. The fourth-order valence-electron chi connectivity index (χ4n) is 2.79. The van der Waals surface area contributed by atoms with Gasteiger partial charge in [-0.1, -0.05) is 12.1 Å². The van der Waals surface area contributed by atoms with Crippen molar-refractivity contribution in [2.24, 2.45) is 0 Å². The van der Waals surface area contributed by atoms with Gasteiger partial charge in [0.05, 0.1) is 18.0 Å². The van der Waals surface area contributed by atoms with Gasteiger partial charge in [0, 0.05) is 22.8 Å². The second-order valence-electron chi connectivity index (χ2n) is 5.64. The van der Waals surface area contributed by atoms with Crippen LogP contribution in [-0.4, -0.2) is 33.9 Å². The predicted molar refractivity (Wildman–Crippen MR) is 89.6 cm³/mol. The lowest BCUT2D eigenvalue weighted by Crippen LogP contribution is -2.17. The molecule has 3 heterocycles. The number of rotatable bonds is 5. The van der Waals surface area contributed by atoms with E-state index in [-0.39, 0.29) is 21.3 Å². The quantitative estimate of drug-likeness (QED) is 0.689. The summed E-state index contributed by atoms with van der Waals surface area (Å²) in [6, 6.07) is 10.3. The van der Waals surface area contributed by atoms with E-state index in [9.17, 15) is 4.53 Å². The first-order valence-electron chi connectivity index (χ1n) is 7.82. The van der Waals surface area contributed by atoms with Crippen LogP contribution in [0.25, 0.3) is 16.9 Å². The maximum Gasteiger partial charge on any atom is 0.231 e. The summed E-state index contributed by atoms with van der Waals surface area (Å²) in [6.07, 6.45) is 3.89. The van der Waals surface area contributed by atoms with Crippen LogP contribution in [0, 0.1) is 0 Å². The number of halogens is 3. The van der Waals surface area contributed by atoms with Gasteiger partial charge in [-0.3, -0.25) is 14.4 Å².